The standard InChI is InChI=1S/C12H14N2OS2/c15-8-10-11(13-12-14(10)6-7-16-12)17-9-4-2-1-3-5-9/h6-9H,1-5H2. The molecular formula is C12H14N2OS2. The largest absolute Gasteiger partial charge is 0.296 e. The van der Waals surface area contributed by atoms with E-state index in [2.05, 4.69) is 4.98 Å². The van der Waals surface area contributed by atoms with Gasteiger partial charge in [-0.1, -0.05) is 19.3 Å². The van der Waals surface area contributed by atoms with Crippen LogP contribution in [0.2, 0.25) is 0 Å². The first-order valence-corrected chi connectivity index (χ1v) is 7.72. The molecule has 3 nitrogen and oxygen atoms in total. The Morgan fingerprint density at radius 1 is 1.41 bits per heavy atom. The van der Waals surface area contributed by atoms with Crippen molar-refractivity contribution in [3.8, 4) is 0 Å². The van der Waals surface area contributed by atoms with Gasteiger partial charge in [0, 0.05) is 16.8 Å². The molecule has 1 saturated carbocycles. The number of thiazole rings is 1. The third kappa shape index (κ3) is 2.13. The summed E-state index contributed by atoms with van der Waals surface area (Å²) in [6.45, 7) is 0. The van der Waals surface area contributed by atoms with Crippen molar-refractivity contribution < 1.29 is 4.79 Å². The molecule has 2 heterocycles. The lowest BCUT2D eigenvalue weighted by Gasteiger charge is -2.19. The Labute approximate surface area is 108 Å². The fourth-order valence-electron chi connectivity index (χ4n) is 2.32. The first-order valence-electron chi connectivity index (χ1n) is 5.96. The maximum atomic E-state index is 11.2. The van der Waals surface area contributed by atoms with Gasteiger partial charge in [-0.3, -0.25) is 9.20 Å². The molecule has 1 fully saturated rings. The maximum Gasteiger partial charge on any atom is 0.195 e. The van der Waals surface area contributed by atoms with Crippen molar-refractivity contribution in [3.63, 3.8) is 0 Å². The van der Waals surface area contributed by atoms with Gasteiger partial charge in [0.1, 0.15) is 10.7 Å². The lowest BCUT2D eigenvalue weighted by atomic mass is 10.0. The molecule has 17 heavy (non-hydrogen) atoms. The zero-order chi connectivity index (χ0) is 11.7. The van der Waals surface area contributed by atoms with Crippen LogP contribution in [0.1, 0.15) is 42.6 Å². The van der Waals surface area contributed by atoms with Gasteiger partial charge in [0.15, 0.2) is 11.2 Å². The number of thioether (sulfide) groups is 1. The maximum absolute atomic E-state index is 11.2. The summed E-state index contributed by atoms with van der Waals surface area (Å²) in [5, 5.41) is 3.52. The highest BCUT2D eigenvalue weighted by molar-refractivity contribution is 7.99. The number of hydrogen-bond acceptors (Lipinski definition) is 4. The molecule has 0 unspecified atom stereocenters. The van der Waals surface area contributed by atoms with Crippen LogP contribution < -0.4 is 0 Å². The van der Waals surface area contributed by atoms with E-state index in [0.717, 1.165) is 22.0 Å². The van der Waals surface area contributed by atoms with Crippen LogP contribution >= 0.6 is 23.1 Å². The highest BCUT2D eigenvalue weighted by Gasteiger charge is 2.20. The van der Waals surface area contributed by atoms with Crippen molar-refractivity contribution in [2.24, 2.45) is 0 Å². The molecule has 0 spiro atoms. The molecule has 0 aliphatic heterocycles. The lowest BCUT2D eigenvalue weighted by Crippen LogP contribution is -2.08. The van der Waals surface area contributed by atoms with Crippen molar-refractivity contribution >= 4 is 34.3 Å². The van der Waals surface area contributed by atoms with Gasteiger partial charge in [-0.15, -0.1) is 23.1 Å². The fourth-order valence-corrected chi connectivity index (χ4v) is 4.39. The van der Waals surface area contributed by atoms with Gasteiger partial charge >= 0.3 is 0 Å². The summed E-state index contributed by atoms with van der Waals surface area (Å²) in [6, 6.07) is 0. The van der Waals surface area contributed by atoms with Gasteiger partial charge < -0.3 is 0 Å². The molecular weight excluding hydrogens is 252 g/mol. The number of fused-ring (bicyclic) bond motifs is 1. The molecule has 3 rings (SSSR count). The minimum Gasteiger partial charge on any atom is -0.296 e. The molecule has 0 bridgehead atoms. The first-order chi connectivity index (χ1) is 8.38. The van der Waals surface area contributed by atoms with E-state index < -0.39 is 0 Å². The van der Waals surface area contributed by atoms with Crippen molar-refractivity contribution in [2.45, 2.75) is 42.4 Å². The van der Waals surface area contributed by atoms with Crippen LogP contribution in [-0.2, 0) is 0 Å². The Kier molecular flexibility index (Phi) is 3.20. The van der Waals surface area contributed by atoms with Crippen molar-refractivity contribution in [1.82, 2.24) is 9.38 Å². The van der Waals surface area contributed by atoms with E-state index in [1.165, 1.54) is 32.1 Å². The predicted octanol–water partition coefficient (Wildman–Crippen LogP) is 3.63. The van der Waals surface area contributed by atoms with E-state index in [0.29, 0.717) is 5.25 Å². The monoisotopic (exact) mass is 266 g/mol. The molecule has 2 aromatic heterocycles. The second-order valence-corrected chi connectivity index (χ2v) is 6.52. The van der Waals surface area contributed by atoms with Crippen LogP contribution in [0.15, 0.2) is 16.6 Å². The average Bonchev–Trinajstić information content (AvgIpc) is 2.90. The van der Waals surface area contributed by atoms with Crippen LogP contribution in [0.4, 0.5) is 0 Å². The Bertz CT molecular complexity index is 526. The van der Waals surface area contributed by atoms with E-state index in [-0.39, 0.29) is 0 Å². The topological polar surface area (TPSA) is 34.4 Å². The number of carbonyl (C=O) groups is 1. The number of imidazole rings is 1. The van der Waals surface area contributed by atoms with Gasteiger partial charge in [-0.25, -0.2) is 4.98 Å². The highest BCUT2D eigenvalue weighted by Crippen LogP contribution is 2.35. The van der Waals surface area contributed by atoms with Gasteiger partial charge in [0.25, 0.3) is 0 Å². The van der Waals surface area contributed by atoms with Gasteiger partial charge in [0.2, 0.25) is 0 Å². The van der Waals surface area contributed by atoms with E-state index in [1.807, 2.05) is 16.0 Å². The SMILES string of the molecule is O=Cc1c(SC2CCCCC2)nc2sccn12. The zero-order valence-corrected chi connectivity index (χ0v) is 11.1. The molecule has 5 heteroatoms. The molecule has 2 aromatic rings. The summed E-state index contributed by atoms with van der Waals surface area (Å²) in [5.74, 6) is 0. The van der Waals surface area contributed by atoms with Crippen LogP contribution in [0.5, 0.6) is 0 Å². The second-order valence-electron chi connectivity index (χ2n) is 4.35. The smallest absolute Gasteiger partial charge is 0.195 e. The van der Waals surface area contributed by atoms with Gasteiger partial charge in [-0.05, 0) is 12.8 Å². The van der Waals surface area contributed by atoms with Crippen molar-refractivity contribution in [3.05, 3.63) is 17.3 Å². The molecule has 1 aliphatic carbocycles. The number of carbonyl (C=O) groups excluding carboxylic acids is 1. The number of hydrogen-bond donors (Lipinski definition) is 0. The van der Waals surface area contributed by atoms with Gasteiger partial charge in [-0.2, -0.15) is 0 Å². The normalized spacial score (nSPS) is 17.6. The summed E-state index contributed by atoms with van der Waals surface area (Å²) >= 11 is 3.37. The van der Waals surface area contributed by atoms with Crippen LogP contribution in [0.25, 0.3) is 4.96 Å². The molecule has 0 atom stereocenters. The summed E-state index contributed by atoms with van der Waals surface area (Å²) < 4.78 is 1.89. The van der Waals surface area contributed by atoms with Crippen molar-refractivity contribution in [2.75, 3.05) is 0 Å². The molecule has 0 N–H and O–H groups in total. The Morgan fingerprint density at radius 3 is 3.00 bits per heavy atom. The molecule has 1 aliphatic rings. The molecule has 0 amide bonds. The number of aldehydes is 1. The molecule has 0 saturated heterocycles. The third-order valence-corrected chi connectivity index (χ3v) is 5.29. The fraction of sp³-hybridized carbons (Fsp3) is 0.500. The molecule has 0 aromatic carbocycles. The Hall–Kier alpha value is -0.810. The Balaban J connectivity index is 1.88. The van der Waals surface area contributed by atoms with Gasteiger partial charge in [0.05, 0.1) is 0 Å². The van der Waals surface area contributed by atoms with Crippen molar-refractivity contribution in [1.29, 1.82) is 0 Å². The minimum atomic E-state index is 0.645. The molecule has 0 radical (unpaired) electrons. The predicted molar refractivity (Wildman–Crippen MR) is 71.2 cm³/mol. The summed E-state index contributed by atoms with van der Waals surface area (Å²) in [7, 11) is 0. The van der Waals surface area contributed by atoms with Crippen LogP contribution in [0, 0.1) is 0 Å². The molecule has 90 valence electrons. The quantitative estimate of drug-likeness (QED) is 0.796. The third-order valence-electron chi connectivity index (χ3n) is 3.21. The van der Waals surface area contributed by atoms with E-state index in [9.17, 15) is 4.79 Å². The van der Waals surface area contributed by atoms with E-state index in [1.54, 1.807) is 23.1 Å². The highest BCUT2D eigenvalue weighted by atomic mass is 32.2. The summed E-state index contributed by atoms with van der Waals surface area (Å²) in [4.78, 5) is 16.6. The van der Waals surface area contributed by atoms with E-state index >= 15 is 0 Å². The first kappa shape index (κ1) is 11.3. The second kappa shape index (κ2) is 4.82. The summed E-state index contributed by atoms with van der Waals surface area (Å²) in [5.41, 5.74) is 0.719. The Morgan fingerprint density at radius 2 is 2.24 bits per heavy atom. The minimum absolute atomic E-state index is 0.645. The summed E-state index contributed by atoms with van der Waals surface area (Å²) in [6.07, 6.45) is 9.35. The number of nitrogens with zero attached hydrogens (tertiary/aromatic N) is 2. The number of rotatable bonds is 3. The van der Waals surface area contributed by atoms with E-state index in [4.69, 9.17) is 0 Å². The van der Waals surface area contributed by atoms with Crippen LogP contribution in [0.3, 0.4) is 0 Å². The average molecular weight is 266 g/mol. The zero-order valence-electron chi connectivity index (χ0n) is 9.46. The number of aromatic nitrogens is 2. The lowest BCUT2D eigenvalue weighted by molar-refractivity contribution is 0.111. The van der Waals surface area contributed by atoms with Crippen LogP contribution in [-0.4, -0.2) is 20.9 Å².